The third kappa shape index (κ3) is 6.83. The van der Waals surface area contributed by atoms with Crippen LogP contribution in [0.3, 0.4) is 0 Å². The van der Waals surface area contributed by atoms with E-state index in [2.05, 4.69) is 10.3 Å². The van der Waals surface area contributed by atoms with Crippen LogP contribution in [0.5, 0.6) is 11.5 Å². The Bertz CT molecular complexity index is 1050. The van der Waals surface area contributed by atoms with Crippen molar-refractivity contribution in [3.8, 4) is 11.5 Å². The van der Waals surface area contributed by atoms with E-state index in [0.29, 0.717) is 36.5 Å². The Labute approximate surface area is 190 Å². The fourth-order valence-corrected chi connectivity index (χ4v) is 4.54. The van der Waals surface area contributed by atoms with Crippen LogP contribution in [0, 0.1) is 6.92 Å². The molecule has 1 aromatic heterocycles. The van der Waals surface area contributed by atoms with Gasteiger partial charge < -0.3 is 14.8 Å². The van der Waals surface area contributed by atoms with Crippen LogP contribution in [0.15, 0.2) is 57.1 Å². The number of amides is 1. The number of hydrogen-bond acceptors (Lipinski definition) is 7. The van der Waals surface area contributed by atoms with E-state index >= 15 is 0 Å². The summed E-state index contributed by atoms with van der Waals surface area (Å²) in [6.07, 6.45) is 0.892. The second-order valence-corrected chi connectivity index (χ2v) is 8.98. The summed E-state index contributed by atoms with van der Waals surface area (Å²) in [5, 5.41) is 4.92. The molecule has 0 spiro atoms. The second kappa shape index (κ2) is 11.0. The van der Waals surface area contributed by atoms with Gasteiger partial charge in [-0.2, -0.15) is 0 Å². The van der Waals surface area contributed by atoms with E-state index in [-0.39, 0.29) is 11.7 Å². The van der Waals surface area contributed by atoms with Gasteiger partial charge in [0.15, 0.2) is 21.6 Å². The largest absolute Gasteiger partial charge is 0.493 e. The maximum atomic E-state index is 12.2. The highest BCUT2D eigenvalue weighted by Crippen LogP contribution is 2.31. The van der Waals surface area contributed by atoms with Crippen LogP contribution in [-0.4, -0.2) is 30.4 Å². The molecular formula is C23H24N2O4S2. The number of methoxy groups -OCH3 is 1. The summed E-state index contributed by atoms with van der Waals surface area (Å²) in [5.74, 6) is 0.948. The summed E-state index contributed by atoms with van der Waals surface area (Å²) >= 11 is 3.23. The van der Waals surface area contributed by atoms with Gasteiger partial charge in [-0.15, -0.1) is 11.3 Å². The molecule has 8 heteroatoms. The zero-order valence-electron chi connectivity index (χ0n) is 17.6. The van der Waals surface area contributed by atoms with Gasteiger partial charge in [0.2, 0.25) is 5.91 Å². The lowest BCUT2D eigenvalue weighted by molar-refractivity contribution is -0.116. The lowest BCUT2D eigenvalue weighted by Gasteiger charge is -2.11. The van der Waals surface area contributed by atoms with Crippen LogP contribution in [0.4, 0.5) is 5.69 Å². The van der Waals surface area contributed by atoms with Crippen molar-refractivity contribution in [1.82, 2.24) is 4.98 Å². The number of ether oxygens (including phenoxy) is 2. The molecule has 0 saturated carbocycles. The number of thiazole rings is 1. The van der Waals surface area contributed by atoms with Gasteiger partial charge >= 0.3 is 0 Å². The van der Waals surface area contributed by atoms with E-state index in [1.54, 1.807) is 41.3 Å². The summed E-state index contributed by atoms with van der Waals surface area (Å²) in [4.78, 5) is 29.2. The zero-order chi connectivity index (χ0) is 22.2. The van der Waals surface area contributed by atoms with Crippen molar-refractivity contribution in [3.05, 3.63) is 59.1 Å². The van der Waals surface area contributed by atoms with Gasteiger partial charge in [0.25, 0.3) is 0 Å². The van der Waals surface area contributed by atoms with Crippen LogP contribution >= 0.6 is 23.1 Å². The number of carbonyl (C=O) groups is 2. The number of aryl methyl sites for hydroxylation is 1. The lowest BCUT2D eigenvalue weighted by atomic mass is 10.1. The van der Waals surface area contributed by atoms with Gasteiger partial charge in [0.05, 0.1) is 13.7 Å². The molecule has 3 rings (SSSR count). The highest BCUT2D eigenvalue weighted by molar-refractivity contribution is 8.01. The minimum absolute atomic E-state index is 0.0357. The molecule has 0 aliphatic heterocycles. The first kappa shape index (κ1) is 22.8. The fraction of sp³-hybridized carbons (Fsp3) is 0.261. The minimum atomic E-state index is -0.0709. The number of aromatic nitrogens is 1. The number of nitrogens with zero attached hydrogens (tertiary/aromatic N) is 1. The molecule has 0 fully saturated rings. The Balaban J connectivity index is 1.42. The van der Waals surface area contributed by atoms with Crippen LogP contribution in [0.2, 0.25) is 0 Å². The SMILES string of the molecule is COc1cc(C(C)=O)ccc1OCCCC(=O)Nc1ccc(Sc2nc(C)cs2)cc1. The molecule has 6 nitrogen and oxygen atoms in total. The number of Topliss-reactive ketones (excluding diaryl/α,β-unsaturated/α-hetero) is 1. The number of benzene rings is 2. The van der Waals surface area contributed by atoms with Gasteiger partial charge in [-0.05, 0) is 62.7 Å². The van der Waals surface area contributed by atoms with Crippen LogP contribution in [0.1, 0.15) is 35.8 Å². The van der Waals surface area contributed by atoms with Crippen LogP contribution in [0.25, 0.3) is 0 Å². The molecule has 1 N–H and O–H groups in total. The van der Waals surface area contributed by atoms with Crippen molar-refractivity contribution < 1.29 is 19.1 Å². The highest BCUT2D eigenvalue weighted by atomic mass is 32.2. The highest BCUT2D eigenvalue weighted by Gasteiger charge is 2.09. The Kier molecular flexibility index (Phi) is 8.08. The summed E-state index contributed by atoms with van der Waals surface area (Å²) in [6, 6.07) is 12.8. The Hall–Kier alpha value is -2.84. The smallest absolute Gasteiger partial charge is 0.224 e. The standard InChI is InChI=1S/C23H24N2O4S2/c1-15-14-30-23(24-15)31-19-9-7-18(8-10-19)25-22(27)5-4-12-29-20-11-6-17(16(2)26)13-21(20)28-3/h6-11,13-14H,4-5,12H2,1-3H3,(H,25,27). The van der Waals surface area contributed by atoms with Crippen LogP contribution in [-0.2, 0) is 4.79 Å². The maximum Gasteiger partial charge on any atom is 0.224 e. The molecule has 162 valence electrons. The third-order valence-corrected chi connectivity index (χ3v) is 6.38. The molecule has 0 unspecified atom stereocenters. The van der Waals surface area contributed by atoms with Gasteiger partial charge in [-0.25, -0.2) is 4.98 Å². The number of rotatable bonds is 10. The average Bonchev–Trinajstić information content (AvgIpc) is 3.17. The Morgan fingerprint density at radius 1 is 1.13 bits per heavy atom. The Morgan fingerprint density at radius 2 is 1.90 bits per heavy atom. The summed E-state index contributed by atoms with van der Waals surface area (Å²) in [7, 11) is 1.53. The number of nitrogens with one attached hydrogen (secondary N) is 1. The van der Waals surface area contributed by atoms with E-state index in [1.165, 1.54) is 14.0 Å². The first-order valence-electron chi connectivity index (χ1n) is 9.76. The zero-order valence-corrected chi connectivity index (χ0v) is 19.3. The minimum Gasteiger partial charge on any atom is -0.493 e. The third-order valence-electron chi connectivity index (χ3n) is 4.32. The molecule has 31 heavy (non-hydrogen) atoms. The summed E-state index contributed by atoms with van der Waals surface area (Å²) in [5.41, 5.74) is 2.34. The summed E-state index contributed by atoms with van der Waals surface area (Å²) < 4.78 is 12.0. The molecule has 3 aromatic rings. The van der Waals surface area contributed by atoms with E-state index in [0.717, 1.165) is 20.6 Å². The van der Waals surface area contributed by atoms with Gasteiger partial charge in [-0.3, -0.25) is 9.59 Å². The van der Waals surface area contributed by atoms with Gasteiger partial charge in [0.1, 0.15) is 0 Å². The van der Waals surface area contributed by atoms with Crippen molar-refractivity contribution >= 4 is 40.5 Å². The predicted molar refractivity (Wildman–Crippen MR) is 124 cm³/mol. The molecule has 0 aliphatic carbocycles. The number of carbonyl (C=O) groups excluding carboxylic acids is 2. The molecule has 0 radical (unpaired) electrons. The molecule has 0 atom stereocenters. The summed E-state index contributed by atoms with van der Waals surface area (Å²) in [6.45, 7) is 3.85. The first-order chi connectivity index (χ1) is 14.9. The van der Waals surface area contributed by atoms with Gasteiger partial charge in [0, 0.05) is 33.6 Å². The van der Waals surface area contributed by atoms with Crippen molar-refractivity contribution in [2.45, 2.75) is 35.9 Å². The quantitative estimate of drug-likeness (QED) is 0.316. The molecule has 1 amide bonds. The Morgan fingerprint density at radius 3 is 2.55 bits per heavy atom. The molecule has 1 heterocycles. The molecule has 0 aliphatic rings. The van der Waals surface area contributed by atoms with E-state index in [9.17, 15) is 9.59 Å². The topological polar surface area (TPSA) is 77.5 Å². The number of hydrogen-bond donors (Lipinski definition) is 1. The van der Waals surface area contributed by atoms with E-state index < -0.39 is 0 Å². The van der Waals surface area contributed by atoms with E-state index in [1.807, 2.05) is 36.6 Å². The molecule has 2 aromatic carbocycles. The molecular weight excluding hydrogens is 432 g/mol. The van der Waals surface area contributed by atoms with Crippen LogP contribution < -0.4 is 14.8 Å². The number of ketones is 1. The monoisotopic (exact) mass is 456 g/mol. The predicted octanol–water partition coefficient (Wildman–Crippen LogP) is 5.61. The van der Waals surface area contributed by atoms with Crippen molar-refractivity contribution in [3.63, 3.8) is 0 Å². The van der Waals surface area contributed by atoms with Crippen molar-refractivity contribution in [1.29, 1.82) is 0 Å². The normalized spacial score (nSPS) is 10.5. The van der Waals surface area contributed by atoms with Crippen molar-refractivity contribution in [2.75, 3.05) is 19.0 Å². The maximum absolute atomic E-state index is 12.2. The molecule has 0 bridgehead atoms. The van der Waals surface area contributed by atoms with Gasteiger partial charge in [-0.1, -0.05) is 11.8 Å². The fourth-order valence-electron chi connectivity index (χ4n) is 2.73. The molecule has 0 saturated heterocycles. The number of anilines is 1. The lowest BCUT2D eigenvalue weighted by Crippen LogP contribution is -2.12. The van der Waals surface area contributed by atoms with Crippen molar-refractivity contribution in [2.24, 2.45) is 0 Å². The second-order valence-electron chi connectivity index (χ2n) is 6.80. The first-order valence-corrected chi connectivity index (χ1v) is 11.5. The van der Waals surface area contributed by atoms with E-state index in [4.69, 9.17) is 9.47 Å². The average molecular weight is 457 g/mol.